The molecule has 1 N–H and O–H groups in total. The van der Waals surface area contributed by atoms with E-state index in [1.54, 1.807) is 0 Å². The molecule has 1 aliphatic heterocycles. The number of carbonyl (C=O) groups excluding carboxylic acids is 2. The third-order valence-corrected chi connectivity index (χ3v) is 11.4. The van der Waals surface area contributed by atoms with E-state index in [-0.39, 0.29) is 35.3 Å². The molecule has 3 aromatic carbocycles. The summed E-state index contributed by atoms with van der Waals surface area (Å²) >= 11 is 1.92. The number of thioether (sulfide) groups is 1. The van der Waals surface area contributed by atoms with E-state index >= 15 is 0 Å². The molecular weight excluding hydrogens is 627 g/mol. The molecule has 0 bridgehead atoms. The summed E-state index contributed by atoms with van der Waals surface area (Å²) in [6.45, 7) is 14.1. The van der Waals surface area contributed by atoms with Gasteiger partial charge in [0.1, 0.15) is 5.60 Å². The highest BCUT2D eigenvalue weighted by Gasteiger charge is 2.45. The molecule has 0 aliphatic carbocycles. The van der Waals surface area contributed by atoms with Gasteiger partial charge in [-0.05, 0) is 56.2 Å². The zero-order chi connectivity index (χ0) is 35.4. The molecule has 2 amide bonds. The summed E-state index contributed by atoms with van der Waals surface area (Å²) in [6, 6.07) is 31.7. The maximum absolute atomic E-state index is 13.8. The topological polar surface area (TPSA) is 61.9 Å². The smallest absolute Gasteiger partial charge is 0.410 e. The average Bonchev–Trinajstić information content (AvgIpc) is 3.51. The van der Waals surface area contributed by atoms with E-state index in [0.717, 1.165) is 32.2 Å². The number of amides is 2. The van der Waals surface area contributed by atoms with E-state index in [1.165, 1.54) is 29.5 Å². The predicted molar refractivity (Wildman–Crippen MR) is 205 cm³/mol. The number of likely N-dealkylation sites (tertiary alicyclic amines) is 1. The van der Waals surface area contributed by atoms with Gasteiger partial charge in [-0.15, -0.1) is 11.8 Å². The van der Waals surface area contributed by atoms with Crippen LogP contribution < -0.4 is 5.32 Å². The number of hydrogen-bond donors (Lipinski definition) is 1. The number of likely N-dealkylation sites (N-methyl/N-ethyl adjacent to an activating group) is 1. The molecule has 7 heteroatoms. The Balaban J connectivity index is 1.65. The Morgan fingerprint density at radius 3 is 1.88 bits per heavy atom. The highest BCUT2D eigenvalue weighted by atomic mass is 32.2. The summed E-state index contributed by atoms with van der Waals surface area (Å²) < 4.78 is 5.49. The lowest BCUT2D eigenvalue weighted by Crippen LogP contribution is -2.52. The van der Waals surface area contributed by atoms with E-state index in [4.69, 9.17) is 4.74 Å². The second kappa shape index (κ2) is 18.1. The minimum Gasteiger partial charge on any atom is -0.444 e. The van der Waals surface area contributed by atoms with Crippen molar-refractivity contribution in [2.75, 3.05) is 26.7 Å². The molecule has 1 saturated heterocycles. The molecule has 3 aromatic rings. The van der Waals surface area contributed by atoms with Crippen molar-refractivity contribution in [1.29, 1.82) is 0 Å². The lowest BCUT2D eigenvalue weighted by atomic mass is 9.84. The van der Waals surface area contributed by atoms with Crippen molar-refractivity contribution in [2.45, 2.75) is 108 Å². The van der Waals surface area contributed by atoms with Crippen LogP contribution in [0.25, 0.3) is 0 Å². The Morgan fingerprint density at radius 2 is 1.41 bits per heavy atom. The molecule has 1 fully saturated rings. The maximum atomic E-state index is 13.8. The number of carbonyl (C=O) groups is 2. The van der Waals surface area contributed by atoms with Crippen molar-refractivity contribution in [3.63, 3.8) is 0 Å². The quantitative estimate of drug-likeness (QED) is 0.120. The minimum absolute atomic E-state index is 0.110. The van der Waals surface area contributed by atoms with Gasteiger partial charge < -0.3 is 19.9 Å². The highest BCUT2D eigenvalue weighted by molar-refractivity contribution is 8.01. The molecule has 4 atom stereocenters. The fraction of sp³-hybridized carbons (Fsp3) is 0.524. The number of nitrogens with zero attached hydrogens (tertiary/aromatic N) is 2. The van der Waals surface area contributed by atoms with Gasteiger partial charge in [-0.1, -0.05) is 137 Å². The SMILES string of the molecule is CCCCCCN(C)C(=O)[C@@H](NC[C@H]1C[C@@H](SC(c2ccccc2)(c2ccccc2)c2ccccc2)CN1C(=O)OC(C)(C)C)[C@@H](C)CC. The van der Waals surface area contributed by atoms with Crippen LogP contribution in [0.1, 0.15) is 96.8 Å². The predicted octanol–water partition coefficient (Wildman–Crippen LogP) is 9.13. The molecule has 0 spiro atoms. The number of hydrogen-bond acceptors (Lipinski definition) is 5. The first-order chi connectivity index (χ1) is 23.5. The van der Waals surface area contributed by atoms with Gasteiger partial charge in [-0.25, -0.2) is 4.79 Å². The number of ether oxygens (including phenoxy) is 1. The molecule has 1 heterocycles. The fourth-order valence-corrected chi connectivity index (χ4v) is 8.69. The van der Waals surface area contributed by atoms with Gasteiger partial charge in [-0.2, -0.15) is 0 Å². The monoisotopic (exact) mass is 685 g/mol. The molecular formula is C42H59N3O3S. The van der Waals surface area contributed by atoms with Crippen LogP contribution in [0.3, 0.4) is 0 Å². The van der Waals surface area contributed by atoms with Gasteiger partial charge >= 0.3 is 6.09 Å². The van der Waals surface area contributed by atoms with Crippen LogP contribution in [0.5, 0.6) is 0 Å². The highest BCUT2D eigenvalue weighted by Crippen LogP contribution is 2.52. The minimum atomic E-state index is -0.613. The molecule has 0 aromatic heterocycles. The Bertz CT molecular complexity index is 1330. The zero-order valence-electron chi connectivity index (χ0n) is 30.9. The third kappa shape index (κ3) is 10.1. The normalized spacial score (nSPS) is 17.8. The van der Waals surface area contributed by atoms with Crippen LogP contribution >= 0.6 is 11.8 Å². The van der Waals surface area contributed by atoms with E-state index in [9.17, 15) is 9.59 Å². The molecule has 4 rings (SSSR count). The van der Waals surface area contributed by atoms with Crippen LogP contribution in [0.4, 0.5) is 4.79 Å². The molecule has 6 nitrogen and oxygen atoms in total. The van der Waals surface area contributed by atoms with Crippen molar-refractivity contribution >= 4 is 23.8 Å². The van der Waals surface area contributed by atoms with E-state index in [0.29, 0.717) is 13.1 Å². The third-order valence-electron chi connectivity index (χ3n) is 9.66. The first-order valence-corrected chi connectivity index (χ1v) is 19.2. The lowest BCUT2D eigenvalue weighted by Gasteiger charge is -2.37. The first kappa shape index (κ1) is 38.5. The second-order valence-corrected chi connectivity index (χ2v) is 16.1. The molecule has 1 aliphatic rings. The van der Waals surface area contributed by atoms with Crippen molar-refractivity contribution in [3.05, 3.63) is 108 Å². The number of rotatable bonds is 16. The summed E-state index contributed by atoms with van der Waals surface area (Å²) in [6.07, 6.45) is 5.88. The summed E-state index contributed by atoms with van der Waals surface area (Å²) in [4.78, 5) is 31.4. The lowest BCUT2D eigenvalue weighted by molar-refractivity contribution is -0.133. The second-order valence-electron chi connectivity index (χ2n) is 14.6. The largest absolute Gasteiger partial charge is 0.444 e. The van der Waals surface area contributed by atoms with Gasteiger partial charge in [0.05, 0.1) is 10.8 Å². The van der Waals surface area contributed by atoms with Crippen LogP contribution in [0.15, 0.2) is 91.0 Å². The zero-order valence-corrected chi connectivity index (χ0v) is 31.7. The number of unbranched alkanes of at least 4 members (excludes halogenated alkanes) is 3. The summed E-state index contributed by atoms with van der Waals surface area (Å²) in [5, 5.41) is 3.78. The van der Waals surface area contributed by atoms with E-state index in [2.05, 4.69) is 117 Å². The van der Waals surface area contributed by atoms with Gasteiger partial charge in [0.15, 0.2) is 0 Å². The van der Waals surface area contributed by atoms with E-state index in [1.807, 2.05) is 49.4 Å². The Hall–Kier alpha value is -3.29. The van der Waals surface area contributed by atoms with Gasteiger partial charge in [0.2, 0.25) is 5.91 Å². The molecule has 0 radical (unpaired) electrons. The summed E-state index contributed by atoms with van der Waals surface area (Å²) in [7, 11) is 1.93. The summed E-state index contributed by atoms with van der Waals surface area (Å²) in [5.74, 6) is 0.295. The number of nitrogens with one attached hydrogen (secondary N) is 1. The van der Waals surface area contributed by atoms with Crippen molar-refractivity contribution in [3.8, 4) is 0 Å². The van der Waals surface area contributed by atoms with Gasteiger partial charge in [-0.3, -0.25) is 4.79 Å². The average molecular weight is 686 g/mol. The maximum Gasteiger partial charge on any atom is 0.410 e. The Morgan fingerprint density at radius 1 is 0.878 bits per heavy atom. The first-order valence-electron chi connectivity index (χ1n) is 18.3. The Kier molecular flexibility index (Phi) is 14.2. The standard InChI is InChI=1S/C42H59N3O3S/c1-8-10-11-21-28-44(7)39(46)38(32(3)9-2)43-30-36-29-37(31-45(36)40(47)48-41(4,5)6)49-42(33-22-15-12-16-23-33,34-24-17-13-18-25-34)35-26-19-14-20-27-35/h12-20,22-27,32,36-38,43H,8-11,21,28-31H2,1-7H3/t32-,36+,37+,38-/m0/s1. The Labute approximate surface area is 300 Å². The van der Waals surface area contributed by atoms with E-state index < -0.39 is 10.3 Å². The summed E-state index contributed by atoms with van der Waals surface area (Å²) in [5.41, 5.74) is 2.99. The molecule has 0 unspecified atom stereocenters. The van der Waals surface area contributed by atoms with Crippen LogP contribution in [0, 0.1) is 5.92 Å². The molecule has 0 saturated carbocycles. The molecule has 266 valence electrons. The number of benzene rings is 3. The van der Waals surface area contributed by atoms with Crippen LogP contribution in [0.2, 0.25) is 0 Å². The van der Waals surface area contributed by atoms with Gasteiger partial charge in [0, 0.05) is 38.0 Å². The van der Waals surface area contributed by atoms with Crippen LogP contribution in [-0.4, -0.2) is 71.4 Å². The van der Waals surface area contributed by atoms with Gasteiger partial charge in [0.25, 0.3) is 0 Å². The molecule has 49 heavy (non-hydrogen) atoms. The van der Waals surface area contributed by atoms with Crippen LogP contribution in [-0.2, 0) is 14.3 Å². The fourth-order valence-electron chi connectivity index (χ4n) is 6.82. The van der Waals surface area contributed by atoms with Crippen molar-refractivity contribution < 1.29 is 14.3 Å². The van der Waals surface area contributed by atoms with Crippen molar-refractivity contribution in [1.82, 2.24) is 15.1 Å². The van der Waals surface area contributed by atoms with Crippen molar-refractivity contribution in [2.24, 2.45) is 5.92 Å².